The number of ether oxygens (including phenoxy) is 1. The summed E-state index contributed by atoms with van der Waals surface area (Å²) in [5.74, 6) is 1.49. The summed E-state index contributed by atoms with van der Waals surface area (Å²) in [6.45, 7) is 1.92. The zero-order valence-electron chi connectivity index (χ0n) is 17.9. The van der Waals surface area contributed by atoms with E-state index in [4.69, 9.17) is 21.3 Å². The molecule has 1 unspecified atom stereocenters. The van der Waals surface area contributed by atoms with Gasteiger partial charge in [0.1, 0.15) is 11.6 Å². The van der Waals surface area contributed by atoms with Crippen molar-refractivity contribution in [3.05, 3.63) is 94.8 Å². The van der Waals surface area contributed by atoms with Crippen LogP contribution >= 0.6 is 11.6 Å². The third kappa shape index (κ3) is 5.21. The lowest BCUT2D eigenvalue weighted by atomic mass is 10.1. The van der Waals surface area contributed by atoms with Gasteiger partial charge in [-0.1, -0.05) is 48.0 Å². The van der Waals surface area contributed by atoms with Crippen molar-refractivity contribution in [2.45, 2.75) is 25.4 Å². The molecule has 0 bridgehead atoms. The van der Waals surface area contributed by atoms with Gasteiger partial charge in [-0.05, 0) is 60.9 Å². The van der Waals surface area contributed by atoms with Crippen LogP contribution in [-0.4, -0.2) is 23.1 Å². The predicted molar refractivity (Wildman–Crippen MR) is 127 cm³/mol. The topological polar surface area (TPSA) is 79.0 Å². The Bertz CT molecular complexity index is 1170. The highest BCUT2D eigenvalue weighted by molar-refractivity contribution is 6.30. The number of imidazole rings is 1. The van der Waals surface area contributed by atoms with Crippen LogP contribution < -0.4 is 15.4 Å². The Balaban J connectivity index is 1.54. The molecule has 6 nitrogen and oxygen atoms in total. The van der Waals surface area contributed by atoms with Crippen molar-refractivity contribution in [1.29, 1.82) is 0 Å². The van der Waals surface area contributed by atoms with Gasteiger partial charge >= 0.3 is 6.03 Å². The van der Waals surface area contributed by atoms with Gasteiger partial charge < -0.3 is 20.4 Å². The molecule has 1 aromatic heterocycles. The molecule has 164 valence electrons. The lowest BCUT2D eigenvalue weighted by molar-refractivity contribution is 0.233. The first-order valence-electron chi connectivity index (χ1n) is 10.4. The van der Waals surface area contributed by atoms with E-state index in [2.05, 4.69) is 15.6 Å². The molecule has 3 N–H and O–H groups in total. The number of benzene rings is 3. The molecule has 0 aliphatic rings. The van der Waals surface area contributed by atoms with Crippen molar-refractivity contribution in [3.63, 3.8) is 0 Å². The first-order valence-corrected chi connectivity index (χ1v) is 10.8. The van der Waals surface area contributed by atoms with E-state index in [-0.39, 0.29) is 18.1 Å². The minimum atomic E-state index is -0.345. The molecular formula is C25H25ClN4O2. The first-order chi connectivity index (χ1) is 15.5. The van der Waals surface area contributed by atoms with Crippen LogP contribution in [0.2, 0.25) is 5.02 Å². The van der Waals surface area contributed by atoms with Crippen molar-refractivity contribution in [1.82, 2.24) is 20.6 Å². The summed E-state index contributed by atoms with van der Waals surface area (Å²) in [6, 6.07) is 22.2. The fourth-order valence-corrected chi connectivity index (χ4v) is 3.81. The molecule has 1 heterocycles. The molecule has 4 rings (SSSR count). The third-order valence-electron chi connectivity index (χ3n) is 5.34. The number of aromatic nitrogens is 2. The number of nitrogens with zero attached hydrogens (tertiary/aromatic N) is 1. The van der Waals surface area contributed by atoms with Crippen LogP contribution in [-0.2, 0) is 6.42 Å². The summed E-state index contributed by atoms with van der Waals surface area (Å²) < 4.78 is 5.25. The molecule has 4 aromatic rings. The fourth-order valence-electron chi connectivity index (χ4n) is 3.61. The molecule has 0 saturated carbocycles. The van der Waals surface area contributed by atoms with Gasteiger partial charge in [-0.15, -0.1) is 0 Å². The summed E-state index contributed by atoms with van der Waals surface area (Å²) in [6.07, 6.45) is 0.572. The van der Waals surface area contributed by atoms with E-state index in [0.717, 1.165) is 27.9 Å². The molecule has 2 atom stereocenters. The van der Waals surface area contributed by atoms with E-state index in [9.17, 15) is 4.79 Å². The number of rotatable bonds is 7. The summed E-state index contributed by atoms with van der Waals surface area (Å²) in [5.41, 5.74) is 3.77. The summed E-state index contributed by atoms with van der Waals surface area (Å²) in [4.78, 5) is 20.9. The highest BCUT2D eigenvalue weighted by atomic mass is 35.5. The number of aromatic amines is 1. The molecule has 2 amide bonds. The number of halogens is 1. The van der Waals surface area contributed by atoms with Crippen LogP contribution in [0.5, 0.6) is 5.75 Å². The van der Waals surface area contributed by atoms with Crippen molar-refractivity contribution in [3.8, 4) is 5.75 Å². The fraction of sp³-hybridized carbons (Fsp3) is 0.200. The van der Waals surface area contributed by atoms with Gasteiger partial charge in [-0.2, -0.15) is 0 Å². The SMILES string of the molecule is COc1ccc(CC(NC(=O)N[C@@H](C)c2cccc(Cl)c2)c2nc3ccccc3[nH]2)cc1. The van der Waals surface area contributed by atoms with Gasteiger partial charge in [0, 0.05) is 5.02 Å². The summed E-state index contributed by atoms with van der Waals surface area (Å²) in [5, 5.41) is 6.71. The number of carbonyl (C=O) groups excluding carboxylic acids is 1. The number of hydrogen-bond donors (Lipinski definition) is 3. The average molecular weight is 449 g/mol. The molecule has 0 saturated heterocycles. The van der Waals surface area contributed by atoms with E-state index in [1.807, 2.05) is 79.7 Å². The number of amides is 2. The summed E-state index contributed by atoms with van der Waals surface area (Å²) >= 11 is 6.09. The van der Waals surface area contributed by atoms with Crippen LogP contribution in [0.4, 0.5) is 4.79 Å². The van der Waals surface area contributed by atoms with Crippen molar-refractivity contribution >= 4 is 28.7 Å². The second-order valence-corrected chi connectivity index (χ2v) is 8.07. The second-order valence-electron chi connectivity index (χ2n) is 7.64. The van der Waals surface area contributed by atoms with Crippen molar-refractivity contribution in [2.75, 3.05) is 7.11 Å². The normalized spacial score (nSPS) is 12.8. The number of fused-ring (bicyclic) bond motifs is 1. The number of para-hydroxylation sites is 2. The Morgan fingerprint density at radius 3 is 2.56 bits per heavy atom. The van der Waals surface area contributed by atoms with Gasteiger partial charge in [-0.25, -0.2) is 9.78 Å². The molecule has 7 heteroatoms. The predicted octanol–water partition coefficient (Wildman–Crippen LogP) is 5.57. The van der Waals surface area contributed by atoms with Gasteiger partial charge in [0.15, 0.2) is 0 Å². The monoisotopic (exact) mass is 448 g/mol. The molecule has 0 fully saturated rings. The number of H-pyrrole nitrogens is 1. The van der Waals surface area contributed by atoms with E-state index in [1.165, 1.54) is 0 Å². The summed E-state index contributed by atoms with van der Waals surface area (Å²) in [7, 11) is 1.64. The number of methoxy groups -OCH3 is 1. The highest BCUT2D eigenvalue weighted by Crippen LogP contribution is 2.22. The minimum Gasteiger partial charge on any atom is -0.497 e. The molecular weight excluding hydrogens is 424 g/mol. The molecule has 0 aliphatic heterocycles. The van der Waals surface area contributed by atoms with Crippen LogP contribution in [0.25, 0.3) is 11.0 Å². The van der Waals surface area contributed by atoms with Crippen LogP contribution in [0.15, 0.2) is 72.8 Å². The Morgan fingerprint density at radius 1 is 1.06 bits per heavy atom. The molecule has 0 aliphatic carbocycles. The maximum atomic E-state index is 12.9. The maximum Gasteiger partial charge on any atom is 0.315 e. The Hall–Kier alpha value is -3.51. The Kier molecular flexibility index (Phi) is 6.61. The smallest absolute Gasteiger partial charge is 0.315 e. The van der Waals surface area contributed by atoms with Gasteiger partial charge in [-0.3, -0.25) is 0 Å². The van der Waals surface area contributed by atoms with Gasteiger partial charge in [0.25, 0.3) is 0 Å². The largest absolute Gasteiger partial charge is 0.497 e. The van der Waals surface area contributed by atoms with Crippen molar-refractivity contribution in [2.24, 2.45) is 0 Å². The van der Waals surface area contributed by atoms with E-state index >= 15 is 0 Å². The maximum absolute atomic E-state index is 12.9. The number of urea groups is 1. The molecule has 3 aromatic carbocycles. The van der Waals surface area contributed by atoms with E-state index in [1.54, 1.807) is 7.11 Å². The second kappa shape index (κ2) is 9.75. The van der Waals surface area contributed by atoms with E-state index < -0.39 is 0 Å². The van der Waals surface area contributed by atoms with Crippen LogP contribution in [0.3, 0.4) is 0 Å². The Labute approximate surface area is 192 Å². The lowest BCUT2D eigenvalue weighted by Gasteiger charge is -2.20. The molecule has 32 heavy (non-hydrogen) atoms. The standard InChI is InChI=1S/C25H25ClN4O2/c1-16(18-6-5-7-19(26)15-18)27-25(31)30-23(14-17-10-12-20(32-2)13-11-17)24-28-21-8-3-4-9-22(21)29-24/h3-13,15-16,23H,14H2,1-2H3,(H,28,29)(H2,27,30,31)/t16-,23?/m0/s1. The highest BCUT2D eigenvalue weighted by Gasteiger charge is 2.20. The molecule has 0 spiro atoms. The average Bonchev–Trinajstić information content (AvgIpc) is 3.23. The van der Waals surface area contributed by atoms with Crippen LogP contribution in [0.1, 0.15) is 36.0 Å². The van der Waals surface area contributed by atoms with Crippen molar-refractivity contribution < 1.29 is 9.53 Å². The lowest BCUT2D eigenvalue weighted by Crippen LogP contribution is -2.40. The van der Waals surface area contributed by atoms with E-state index in [0.29, 0.717) is 17.3 Å². The quantitative estimate of drug-likeness (QED) is 0.346. The zero-order chi connectivity index (χ0) is 22.5. The van der Waals surface area contributed by atoms with Gasteiger partial charge in [0.2, 0.25) is 0 Å². The Morgan fingerprint density at radius 2 is 1.84 bits per heavy atom. The third-order valence-corrected chi connectivity index (χ3v) is 5.57. The number of hydrogen-bond acceptors (Lipinski definition) is 3. The van der Waals surface area contributed by atoms with Crippen LogP contribution in [0, 0.1) is 0 Å². The minimum absolute atomic E-state index is 0.203. The van der Waals surface area contributed by atoms with Gasteiger partial charge in [0.05, 0.1) is 30.2 Å². The number of nitrogens with one attached hydrogen (secondary N) is 3. The first kappa shape index (κ1) is 21.7. The molecule has 0 radical (unpaired) electrons. The zero-order valence-corrected chi connectivity index (χ0v) is 18.7. The number of carbonyl (C=O) groups is 1.